The first kappa shape index (κ1) is 35.2. The van der Waals surface area contributed by atoms with Crippen molar-refractivity contribution < 1.29 is 24.3 Å². The van der Waals surface area contributed by atoms with Gasteiger partial charge in [0.1, 0.15) is 6.04 Å². The molecule has 0 saturated heterocycles. The Morgan fingerprint density at radius 2 is 1.65 bits per heavy atom. The molecule has 0 radical (unpaired) electrons. The second-order valence-corrected chi connectivity index (χ2v) is 13.4. The van der Waals surface area contributed by atoms with Crippen LogP contribution < -0.4 is 27.0 Å². The SMILES string of the molecule is Cc1cc(C(=O)NC(C)C)ccc1-c1ccc(C[C@H](NC(=O)C2CCC(CNC(=O)O)CC2)C(=O)Nc2cc(Cl)c3[nH]c(=O)[nH]c3c2)cc1. The number of halogens is 1. The van der Waals surface area contributed by atoms with E-state index in [4.69, 9.17) is 16.7 Å². The van der Waals surface area contributed by atoms with E-state index in [0.29, 0.717) is 54.5 Å². The van der Waals surface area contributed by atoms with Gasteiger partial charge in [0.05, 0.1) is 16.1 Å². The Hall–Kier alpha value is -5.10. The number of imidazole rings is 1. The summed E-state index contributed by atoms with van der Waals surface area (Å²) < 4.78 is 0. The van der Waals surface area contributed by atoms with Gasteiger partial charge in [-0.2, -0.15) is 0 Å². The molecule has 0 bridgehead atoms. The van der Waals surface area contributed by atoms with Gasteiger partial charge in [0.25, 0.3) is 5.91 Å². The van der Waals surface area contributed by atoms with Crippen LogP contribution in [-0.4, -0.2) is 57.5 Å². The molecule has 1 aromatic heterocycles. The third-order valence-electron chi connectivity index (χ3n) is 8.85. The van der Waals surface area contributed by atoms with Gasteiger partial charge in [-0.15, -0.1) is 0 Å². The van der Waals surface area contributed by atoms with Gasteiger partial charge in [-0.3, -0.25) is 14.4 Å². The standard InChI is InChI=1S/C36H41ClN6O6/c1-19(2)39-33(45)25-12-13-27(20(3)14-25)23-8-4-21(5-9-23)15-30(41-32(44)24-10-6-22(7-11-24)18-38-36(48)49)34(46)40-26-16-28(37)31-29(17-26)42-35(47)43-31/h4-5,8-9,12-14,16-17,19,22,24,30,38H,6-7,10-11,15,18H2,1-3H3,(H,39,45)(H,40,46)(H,41,44)(H,48,49)(H2,42,43,47)/t22?,24?,30-/m0/s1. The van der Waals surface area contributed by atoms with Crippen molar-refractivity contribution in [1.82, 2.24) is 25.9 Å². The van der Waals surface area contributed by atoms with E-state index in [1.807, 2.05) is 57.2 Å². The highest BCUT2D eigenvalue weighted by Crippen LogP contribution is 2.30. The lowest BCUT2D eigenvalue weighted by molar-refractivity contribution is -0.130. The lowest BCUT2D eigenvalue weighted by Crippen LogP contribution is -2.48. The maximum absolute atomic E-state index is 13.7. The molecule has 4 amide bonds. The number of carbonyl (C=O) groups is 4. The molecular formula is C36H41ClN6O6. The lowest BCUT2D eigenvalue weighted by Gasteiger charge is -2.29. The number of aromatic nitrogens is 2. The average Bonchev–Trinajstić information content (AvgIpc) is 3.44. The molecule has 4 aromatic rings. The van der Waals surface area contributed by atoms with Crippen LogP contribution in [0.2, 0.25) is 5.02 Å². The second-order valence-electron chi connectivity index (χ2n) is 13.0. The summed E-state index contributed by atoms with van der Waals surface area (Å²) in [4.78, 5) is 67.6. The van der Waals surface area contributed by atoms with Crippen LogP contribution in [0.4, 0.5) is 10.5 Å². The van der Waals surface area contributed by atoms with E-state index in [2.05, 4.69) is 31.2 Å². The van der Waals surface area contributed by atoms with Gasteiger partial charge >= 0.3 is 11.8 Å². The molecule has 1 saturated carbocycles. The van der Waals surface area contributed by atoms with Gasteiger partial charge < -0.3 is 36.3 Å². The van der Waals surface area contributed by atoms with E-state index in [9.17, 15) is 24.0 Å². The highest BCUT2D eigenvalue weighted by molar-refractivity contribution is 6.35. The Morgan fingerprint density at radius 1 is 0.939 bits per heavy atom. The summed E-state index contributed by atoms with van der Waals surface area (Å²) >= 11 is 6.36. The number of rotatable bonds is 11. The average molecular weight is 689 g/mol. The summed E-state index contributed by atoms with van der Waals surface area (Å²) in [5.74, 6) is -0.950. The molecule has 0 aliphatic heterocycles. The number of fused-ring (bicyclic) bond motifs is 1. The minimum Gasteiger partial charge on any atom is -0.465 e. The molecule has 1 fully saturated rings. The van der Waals surface area contributed by atoms with Crippen molar-refractivity contribution in [2.24, 2.45) is 11.8 Å². The topological polar surface area (TPSA) is 185 Å². The van der Waals surface area contributed by atoms with Crippen molar-refractivity contribution in [3.63, 3.8) is 0 Å². The number of aryl methyl sites for hydroxylation is 1. The minimum atomic E-state index is -1.07. The molecular weight excluding hydrogens is 648 g/mol. The Balaban J connectivity index is 1.32. The number of aromatic amines is 2. The summed E-state index contributed by atoms with van der Waals surface area (Å²) in [5.41, 5.74) is 5.06. The Labute approximate surface area is 288 Å². The van der Waals surface area contributed by atoms with Crippen LogP contribution in [0.5, 0.6) is 0 Å². The monoisotopic (exact) mass is 688 g/mol. The fourth-order valence-corrected chi connectivity index (χ4v) is 6.56. The summed E-state index contributed by atoms with van der Waals surface area (Å²) in [5, 5.41) is 20.3. The maximum Gasteiger partial charge on any atom is 0.404 e. The predicted octanol–water partition coefficient (Wildman–Crippen LogP) is 5.36. The van der Waals surface area contributed by atoms with Crippen molar-refractivity contribution in [3.8, 4) is 11.1 Å². The molecule has 13 heteroatoms. The van der Waals surface area contributed by atoms with Crippen LogP contribution >= 0.6 is 11.6 Å². The minimum absolute atomic E-state index is 0.0323. The smallest absolute Gasteiger partial charge is 0.404 e. The number of hydrogen-bond donors (Lipinski definition) is 7. The number of H-pyrrole nitrogens is 2. The van der Waals surface area contributed by atoms with Gasteiger partial charge in [-0.1, -0.05) is 41.9 Å². The van der Waals surface area contributed by atoms with Crippen LogP contribution in [-0.2, 0) is 16.0 Å². The van der Waals surface area contributed by atoms with Crippen LogP contribution in [0.3, 0.4) is 0 Å². The van der Waals surface area contributed by atoms with Crippen molar-refractivity contribution >= 4 is 52.1 Å². The van der Waals surface area contributed by atoms with Gasteiger partial charge in [-0.05, 0) is 98.9 Å². The van der Waals surface area contributed by atoms with Crippen molar-refractivity contribution in [2.45, 2.75) is 65.0 Å². The third kappa shape index (κ3) is 9.08. The van der Waals surface area contributed by atoms with Crippen LogP contribution in [0.15, 0.2) is 59.4 Å². The van der Waals surface area contributed by atoms with Gasteiger partial charge in [0, 0.05) is 36.2 Å². The van der Waals surface area contributed by atoms with E-state index >= 15 is 0 Å². The van der Waals surface area contributed by atoms with Gasteiger partial charge in [0.15, 0.2) is 0 Å². The van der Waals surface area contributed by atoms with E-state index in [-0.39, 0.29) is 41.1 Å². The fraction of sp³-hybridized carbons (Fsp3) is 0.361. The lowest BCUT2D eigenvalue weighted by atomic mass is 9.81. The second kappa shape index (κ2) is 15.4. The Morgan fingerprint density at radius 3 is 2.31 bits per heavy atom. The molecule has 258 valence electrons. The quantitative estimate of drug-likeness (QED) is 0.111. The molecule has 3 aromatic carbocycles. The first-order chi connectivity index (χ1) is 23.4. The van der Waals surface area contributed by atoms with Gasteiger partial charge in [0.2, 0.25) is 11.8 Å². The molecule has 1 aliphatic rings. The first-order valence-corrected chi connectivity index (χ1v) is 16.7. The molecule has 0 unspecified atom stereocenters. The number of benzene rings is 3. The van der Waals surface area contributed by atoms with E-state index in [1.165, 1.54) is 6.07 Å². The largest absolute Gasteiger partial charge is 0.465 e. The molecule has 1 aliphatic carbocycles. The highest BCUT2D eigenvalue weighted by Gasteiger charge is 2.30. The van der Waals surface area contributed by atoms with E-state index in [0.717, 1.165) is 22.3 Å². The molecule has 7 N–H and O–H groups in total. The predicted molar refractivity (Wildman–Crippen MR) is 189 cm³/mol. The fourth-order valence-electron chi connectivity index (χ4n) is 6.29. The number of nitrogens with one attached hydrogen (secondary N) is 6. The molecule has 0 spiro atoms. The van der Waals surface area contributed by atoms with Crippen LogP contribution in [0, 0.1) is 18.8 Å². The van der Waals surface area contributed by atoms with E-state index < -0.39 is 23.7 Å². The number of carbonyl (C=O) groups excluding carboxylic acids is 3. The summed E-state index contributed by atoms with van der Waals surface area (Å²) in [6.45, 7) is 6.13. The zero-order chi connectivity index (χ0) is 35.2. The summed E-state index contributed by atoms with van der Waals surface area (Å²) in [6, 6.07) is 15.5. The highest BCUT2D eigenvalue weighted by atomic mass is 35.5. The van der Waals surface area contributed by atoms with Crippen molar-refractivity contribution in [2.75, 3.05) is 11.9 Å². The number of carboxylic acid groups (broad SMARTS) is 1. The van der Waals surface area contributed by atoms with E-state index in [1.54, 1.807) is 12.1 Å². The molecule has 49 heavy (non-hydrogen) atoms. The Bertz CT molecular complexity index is 1910. The molecule has 5 rings (SSSR count). The normalized spacial score (nSPS) is 16.6. The summed E-state index contributed by atoms with van der Waals surface area (Å²) in [7, 11) is 0. The number of hydrogen-bond acceptors (Lipinski definition) is 5. The van der Waals surface area contributed by atoms with Crippen LogP contribution in [0.1, 0.15) is 61.0 Å². The zero-order valence-electron chi connectivity index (χ0n) is 27.6. The third-order valence-corrected chi connectivity index (χ3v) is 9.15. The number of amides is 4. The molecule has 1 heterocycles. The molecule has 12 nitrogen and oxygen atoms in total. The van der Waals surface area contributed by atoms with Crippen molar-refractivity contribution in [3.05, 3.63) is 86.8 Å². The Kier molecular flexibility index (Phi) is 11.1. The first-order valence-electron chi connectivity index (χ1n) is 16.4. The zero-order valence-corrected chi connectivity index (χ0v) is 28.4. The van der Waals surface area contributed by atoms with Crippen LogP contribution in [0.25, 0.3) is 22.2 Å². The molecule has 1 atom stereocenters. The maximum atomic E-state index is 13.7. The number of anilines is 1. The van der Waals surface area contributed by atoms with Crippen molar-refractivity contribution in [1.29, 1.82) is 0 Å². The summed E-state index contributed by atoms with van der Waals surface area (Å²) in [6.07, 6.45) is 1.72. The van der Waals surface area contributed by atoms with Gasteiger partial charge in [-0.25, -0.2) is 9.59 Å².